The molecule has 1 aromatic carbocycles. The molecule has 1 aromatic heterocycles. The Morgan fingerprint density at radius 3 is 2.62 bits per heavy atom. The van der Waals surface area contributed by atoms with Gasteiger partial charge in [-0.15, -0.1) is 0 Å². The van der Waals surface area contributed by atoms with E-state index in [-0.39, 0.29) is 0 Å². The standard InChI is InChI=1S/C10H10N2O/c11-9-3-1-8(2-4-9)5-10-6-13-7-12-10/h1-4,6-7H,5,11H2. The fourth-order valence-corrected chi connectivity index (χ4v) is 1.17. The second-order valence-electron chi connectivity index (χ2n) is 2.90. The number of aromatic nitrogens is 1. The lowest BCUT2D eigenvalue weighted by molar-refractivity contribution is 0.556. The zero-order chi connectivity index (χ0) is 9.10. The zero-order valence-electron chi connectivity index (χ0n) is 7.10. The lowest BCUT2D eigenvalue weighted by Gasteiger charge is -1.97. The SMILES string of the molecule is Nc1ccc(Cc2cocn2)cc1. The minimum absolute atomic E-state index is 0.781. The van der Waals surface area contributed by atoms with Gasteiger partial charge in [-0.1, -0.05) is 12.1 Å². The van der Waals surface area contributed by atoms with Crippen LogP contribution in [-0.2, 0) is 6.42 Å². The second-order valence-corrected chi connectivity index (χ2v) is 2.90. The van der Waals surface area contributed by atoms with E-state index in [1.165, 1.54) is 12.0 Å². The Balaban J connectivity index is 2.15. The van der Waals surface area contributed by atoms with Crippen molar-refractivity contribution < 1.29 is 4.42 Å². The minimum Gasteiger partial charge on any atom is -0.451 e. The highest BCUT2D eigenvalue weighted by molar-refractivity contribution is 5.39. The van der Waals surface area contributed by atoms with E-state index < -0.39 is 0 Å². The predicted octanol–water partition coefficient (Wildman–Crippen LogP) is 1.85. The van der Waals surface area contributed by atoms with Gasteiger partial charge in [0.2, 0.25) is 0 Å². The largest absolute Gasteiger partial charge is 0.451 e. The van der Waals surface area contributed by atoms with Gasteiger partial charge in [0.1, 0.15) is 6.26 Å². The second kappa shape index (κ2) is 3.31. The van der Waals surface area contributed by atoms with Crippen molar-refractivity contribution in [1.82, 2.24) is 4.98 Å². The molecule has 0 aliphatic rings. The number of nitrogens with two attached hydrogens (primary N) is 1. The highest BCUT2D eigenvalue weighted by Gasteiger charge is 1.97. The van der Waals surface area contributed by atoms with E-state index in [4.69, 9.17) is 10.2 Å². The lowest BCUT2D eigenvalue weighted by atomic mass is 10.1. The van der Waals surface area contributed by atoms with E-state index in [0.717, 1.165) is 17.8 Å². The first-order chi connectivity index (χ1) is 6.34. The van der Waals surface area contributed by atoms with Gasteiger partial charge in [-0.05, 0) is 17.7 Å². The van der Waals surface area contributed by atoms with Crippen LogP contribution in [0.5, 0.6) is 0 Å². The summed E-state index contributed by atoms with van der Waals surface area (Å²) in [5.41, 5.74) is 8.47. The van der Waals surface area contributed by atoms with Crippen molar-refractivity contribution in [3.8, 4) is 0 Å². The van der Waals surface area contributed by atoms with Gasteiger partial charge in [-0.3, -0.25) is 0 Å². The molecule has 0 saturated heterocycles. The van der Waals surface area contributed by atoms with E-state index in [9.17, 15) is 0 Å². The highest BCUT2D eigenvalue weighted by Crippen LogP contribution is 2.09. The summed E-state index contributed by atoms with van der Waals surface area (Å²) < 4.78 is 4.87. The molecule has 0 bridgehead atoms. The average Bonchev–Trinajstić information content (AvgIpc) is 2.62. The van der Waals surface area contributed by atoms with Crippen molar-refractivity contribution in [3.63, 3.8) is 0 Å². The van der Waals surface area contributed by atoms with Gasteiger partial charge in [-0.25, -0.2) is 4.98 Å². The Hall–Kier alpha value is -1.77. The first kappa shape index (κ1) is 7.86. The summed E-state index contributed by atoms with van der Waals surface area (Å²) in [6.07, 6.45) is 3.87. The van der Waals surface area contributed by atoms with E-state index >= 15 is 0 Å². The maximum atomic E-state index is 5.57. The molecule has 0 atom stereocenters. The summed E-state index contributed by atoms with van der Waals surface area (Å²) in [5.74, 6) is 0. The molecule has 0 amide bonds. The van der Waals surface area contributed by atoms with Gasteiger partial charge >= 0.3 is 0 Å². The van der Waals surface area contributed by atoms with Crippen molar-refractivity contribution in [2.24, 2.45) is 0 Å². The third-order valence-corrected chi connectivity index (χ3v) is 1.85. The summed E-state index contributed by atoms with van der Waals surface area (Å²) in [7, 11) is 0. The molecular formula is C10H10N2O. The summed E-state index contributed by atoms with van der Waals surface area (Å²) in [6.45, 7) is 0. The van der Waals surface area contributed by atoms with Crippen LogP contribution in [0.1, 0.15) is 11.3 Å². The smallest absolute Gasteiger partial charge is 0.180 e. The number of rotatable bonds is 2. The van der Waals surface area contributed by atoms with Crippen molar-refractivity contribution in [1.29, 1.82) is 0 Å². The number of hydrogen-bond acceptors (Lipinski definition) is 3. The maximum absolute atomic E-state index is 5.57. The minimum atomic E-state index is 0.781. The van der Waals surface area contributed by atoms with Crippen LogP contribution in [-0.4, -0.2) is 4.98 Å². The Bertz CT molecular complexity index is 364. The van der Waals surface area contributed by atoms with Crippen molar-refractivity contribution in [2.45, 2.75) is 6.42 Å². The average molecular weight is 174 g/mol. The van der Waals surface area contributed by atoms with Crippen LogP contribution in [0.3, 0.4) is 0 Å². The van der Waals surface area contributed by atoms with Gasteiger partial charge in [0.25, 0.3) is 0 Å². The number of benzene rings is 1. The van der Waals surface area contributed by atoms with Crippen LogP contribution in [0.25, 0.3) is 0 Å². The van der Waals surface area contributed by atoms with Gasteiger partial charge in [0, 0.05) is 12.1 Å². The fourth-order valence-electron chi connectivity index (χ4n) is 1.17. The molecule has 0 spiro atoms. The first-order valence-electron chi connectivity index (χ1n) is 4.06. The maximum Gasteiger partial charge on any atom is 0.180 e. The van der Waals surface area contributed by atoms with Crippen molar-refractivity contribution >= 4 is 5.69 Å². The number of nitrogens with zero attached hydrogens (tertiary/aromatic N) is 1. The van der Waals surface area contributed by atoms with Crippen LogP contribution in [0, 0.1) is 0 Å². The third kappa shape index (κ3) is 1.87. The molecule has 2 N–H and O–H groups in total. The predicted molar refractivity (Wildman–Crippen MR) is 50.2 cm³/mol. The van der Waals surface area contributed by atoms with Gasteiger partial charge in [0.05, 0.1) is 5.69 Å². The Morgan fingerprint density at radius 2 is 2.00 bits per heavy atom. The highest BCUT2D eigenvalue weighted by atomic mass is 16.3. The zero-order valence-corrected chi connectivity index (χ0v) is 7.10. The first-order valence-corrected chi connectivity index (χ1v) is 4.06. The lowest BCUT2D eigenvalue weighted by Crippen LogP contribution is -1.89. The van der Waals surface area contributed by atoms with Gasteiger partial charge in [-0.2, -0.15) is 0 Å². The van der Waals surface area contributed by atoms with E-state index in [0.29, 0.717) is 0 Å². The van der Waals surface area contributed by atoms with Gasteiger partial charge in [0.15, 0.2) is 6.39 Å². The molecule has 0 fully saturated rings. The molecule has 0 radical (unpaired) electrons. The Kier molecular flexibility index (Phi) is 2.00. The van der Waals surface area contributed by atoms with Crippen LogP contribution < -0.4 is 5.73 Å². The van der Waals surface area contributed by atoms with E-state index in [1.54, 1.807) is 6.26 Å². The third-order valence-electron chi connectivity index (χ3n) is 1.85. The molecule has 1 heterocycles. The molecule has 2 aromatic rings. The normalized spacial score (nSPS) is 10.2. The summed E-state index contributed by atoms with van der Waals surface area (Å²) >= 11 is 0. The molecule has 13 heavy (non-hydrogen) atoms. The molecule has 0 aliphatic carbocycles. The molecular weight excluding hydrogens is 164 g/mol. The molecule has 2 rings (SSSR count). The molecule has 66 valence electrons. The topological polar surface area (TPSA) is 52.0 Å². The number of oxazole rings is 1. The Morgan fingerprint density at radius 1 is 1.23 bits per heavy atom. The van der Waals surface area contributed by atoms with Crippen LogP contribution in [0.4, 0.5) is 5.69 Å². The summed E-state index contributed by atoms with van der Waals surface area (Å²) in [6, 6.07) is 7.75. The number of anilines is 1. The molecule has 0 saturated carbocycles. The van der Waals surface area contributed by atoms with Gasteiger partial charge < -0.3 is 10.2 Å². The molecule has 0 aliphatic heterocycles. The molecule has 3 nitrogen and oxygen atoms in total. The summed E-state index contributed by atoms with van der Waals surface area (Å²) in [4.78, 5) is 4.04. The van der Waals surface area contributed by atoms with E-state index in [2.05, 4.69) is 4.98 Å². The van der Waals surface area contributed by atoms with E-state index in [1.807, 2.05) is 24.3 Å². The quantitative estimate of drug-likeness (QED) is 0.707. The van der Waals surface area contributed by atoms with Crippen molar-refractivity contribution in [3.05, 3.63) is 48.2 Å². The van der Waals surface area contributed by atoms with Crippen molar-refractivity contribution in [2.75, 3.05) is 5.73 Å². The number of nitrogen functional groups attached to an aromatic ring is 1. The molecule has 3 heteroatoms. The van der Waals surface area contributed by atoms with Crippen LogP contribution >= 0.6 is 0 Å². The fraction of sp³-hybridized carbons (Fsp3) is 0.100. The summed E-state index contributed by atoms with van der Waals surface area (Å²) in [5, 5.41) is 0. The van der Waals surface area contributed by atoms with Crippen LogP contribution in [0.2, 0.25) is 0 Å². The van der Waals surface area contributed by atoms with Crippen LogP contribution in [0.15, 0.2) is 41.3 Å². The monoisotopic (exact) mass is 174 g/mol. The Labute approximate surface area is 76.2 Å². The molecule has 0 unspecified atom stereocenters. The number of hydrogen-bond donors (Lipinski definition) is 1.